The third kappa shape index (κ3) is 29.9. The van der Waals surface area contributed by atoms with Gasteiger partial charge in [-0.1, -0.05) is 156 Å². The Morgan fingerprint density at radius 2 is 1.06 bits per heavy atom. The highest BCUT2D eigenvalue weighted by molar-refractivity contribution is 5.70. The van der Waals surface area contributed by atoms with Crippen LogP contribution in [0.5, 0.6) is 0 Å². The molecule has 0 aliphatic heterocycles. The minimum atomic E-state index is -0.0242. The van der Waals surface area contributed by atoms with Crippen LogP contribution in [0, 0.1) is 11.3 Å². The Labute approximate surface area is 317 Å². The van der Waals surface area contributed by atoms with E-state index in [1.807, 2.05) is 0 Å². The van der Waals surface area contributed by atoms with Gasteiger partial charge < -0.3 is 19.5 Å². The molecule has 1 fully saturated rings. The average molecular weight is 722 g/mol. The van der Waals surface area contributed by atoms with Crippen LogP contribution in [0.15, 0.2) is 0 Å². The normalized spacial score (nSPS) is 13.7. The summed E-state index contributed by atoms with van der Waals surface area (Å²) < 4.78 is 11.4. The molecule has 0 bridgehead atoms. The van der Waals surface area contributed by atoms with Gasteiger partial charge in [-0.3, -0.25) is 9.59 Å². The van der Waals surface area contributed by atoms with Gasteiger partial charge in [-0.2, -0.15) is 0 Å². The number of unbranched alkanes of at least 4 members (excludes halogenated alkanes) is 20. The first kappa shape index (κ1) is 47.9. The second-order valence-electron chi connectivity index (χ2n) is 16.4. The number of hydrogen-bond acceptors (Lipinski definition) is 6. The Balaban J connectivity index is 2.13. The number of carbonyl (C=O) groups excluding carboxylic acids is 2. The Morgan fingerprint density at radius 3 is 1.61 bits per heavy atom. The van der Waals surface area contributed by atoms with E-state index in [4.69, 9.17) is 9.47 Å². The summed E-state index contributed by atoms with van der Waals surface area (Å²) in [6.07, 6.45) is 37.9. The van der Waals surface area contributed by atoms with Crippen molar-refractivity contribution in [3.05, 3.63) is 0 Å². The third-order valence-electron chi connectivity index (χ3n) is 11.4. The summed E-state index contributed by atoms with van der Waals surface area (Å²) in [6.45, 7) is 11.0. The summed E-state index contributed by atoms with van der Waals surface area (Å²) in [5.74, 6) is 0.558. The zero-order valence-corrected chi connectivity index (χ0v) is 34.5. The summed E-state index contributed by atoms with van der Waals surface area (Å²) in [7, 11) is 0. The van der Waals surface area contributed by atoms with Crippen LogP contribution in [-0.2, 0) is 19.1 Å². The molecule has 0 aromatic carbocycles. The largest absolute Gasteiger partial charge is 0.466 e. The number of aliphatic hydroxyl groups is 1. The molecule has 0 spiro atoms. The van der Waals surface area contributed by atoms with E-state index in [-0.39, 0.29) is 24.0 Å². The van der Waals surface area contributed by atoms with Crippen molar-refractivity contribution in [3.63, 3.8) is 0 Å². The highest BCUT2D eigenvalue weighted by Crippen LogP contribution is 2.53. The lowest BCUT2D eigenvalue weighted by Crippen LogP contribution is -2.29. The summed E-state index contributed by atoms with van der Waals surface area (Å²) in [5, 5.41) is 9.59. The lowest BCUT2D eigenvalue weighted by atomic mass is 9.94. The van der Waals surface area contributed by atoms with Crippen molar-refractivity contribution in [3.8, 4) is 0 Å². The molecule has 0 amide bonds. The molecule has 0 unspecified atom stereocenters. The average Bonchev–Trinajstić information content (AvgIpc) is 3.89. The monoisotopic (exact) mass is 722 g/mol. The Bertz CT molecular complexity index is 771. The number of nitrogens with zero attached hydrogens (tertiary/aromatic N) is 1. The molecule has 1 N–H and O–H groups in total. The second-order valence-corrected chi connectivity index (χ2v) is 16.4. The third-order valence-corrected chi connectivity index (χ3v) is 11.4. The highest BCUT2D eigenvalue weighted by atomic mass is 16.5. The standard InChI is InChI=1S/C45H87NO5/c1-4-7-10-13-14-18-24-31-43(48)50-39-28-20-15-19-26-35-46(37-38-47)36-27-21-25-32-45(33-34-45)40-44(49)51-41-42(29-22-16-11-8-5-2)30-23-17-12-9-6-3/h42,47H,4-41H2,1-3H3. The number of hydrogen-bond donors (Lipinski definition) is 1. The van der Waals surface area contributed by atoms with E-state index in [9.17, 15) is 14.7 Å². The van der Waals surface area contributed by atoms with E-state index in [1.54, 1.807) is 0 Å². The molecule has 302 valence electrons. The minimum Gasteiger partial charge on any atom is -0.466 e. The molecule has 1 aliphatic rings. The van der Waals surface area contributed by atoms with Crippen molar-refractivity contribution in [2.24, 2.45) is 11.3 Å². The zero-order chi connectivity index (χ0) is 37.1. The van der Waals surface area contributed by atoms with E-state index in [0.29, 0.717) is 32.0 Å². The van der Waals surface area contributed by atoms with Crippen LogP contribution in [0.3, 0.4) is 0 Å². The molecule has 51 heavy (non-hydrogen) atoms. The quantitative estimate of drug-likeness (QED) is 0.0501. The number of carbonyl (C=O) groups is 2. The van der Waals surface area contributed by atoms with Crippen LogP contribution in [-0.4, -0.2) is 61.4 Å². The Morgan fingerprint density at radius 1 is 0.569 bits per heavy atom. The van der Waals surface area contributed by atoms with Crippen LogP contribution in [0.1, 0.15) is 226 Å². The van der Waals surface area contributed by atoms with Gasteiger partial charge in [0.2, 0.25) is 0 Å². The maximum atomic E-state index is 12.9. The summed E-state index contributed by atoms with van der Waals surface area (Å²) in [5.41, 5.74) is 0.212. The van der Waals surface area contributed by atoms with Crippen LogP contribution in [0.4, 0.5) is 0 Å². The highest BCUT2D eigenvalue weighted by Gasteiger charge is 2.44. The van der Waals surface area contributed by atoms with Crippen molar-refractivity contribution in [2.45, 2.75) is 226 Å². The van der Waals surface area contributed by atoms with Gasteiger partial charge >= 0.3 is 11.9 Å². The number of ether oxygens (including phenoxy) is 2. The van der Waals surface area contributed by atoms with Crippen molar-refractivity contribution in [1.29, 1.82) is 0 Å². The molecule has 6 heteroatoms. The predicted octanol–water partition coefficient (Wildman–Crippen LogP) is 12.5. The van der Waals surface area contributed by atoms with E-state index in [0.717, 1.165) is 64.6 Å². The van der Waals surface area contributed by atoms with Crippen LogP contribution < -0.4 is 0 Å². The predicted molar refractivity (Wildman–Crippen MR) is 216 cm³/mol. The molecule has 1 aliphatic carbocycles. The number of esters is 2. The molecular weight excluding hydrogens is 634 g/mol. The van der Waals surface area contributed by atoms with Gasteiger partial charge in [-0.05, 0) is 82.2 Å². The first-order chi connectivity index (χ1) is 25.0. The van der Waals surface area contributed by atoms with E-state index in [2.05, 4.69) is 25.7 Å². The lowest BCUT2D eigenvalue weighted by molar-refractivity contribution is -0.147. The van der Waals surface area contributed by atoms with Gasteiger partial charge in [0.15, 0.2) is 0 Å². The van der Waals surface area contributed by atoms with Crippen LogP contribution in [0.2, 0.25) is 0 Å². The van der Waals surface area contributed by atoms with Gasteiger partial charge in [-0.25, -0.2) is 0 Å². The molecule has 6 nitrogen and oxygen atoms in total. The second kappa shape index (κ2) is 34.6. The van der Waals surface area contributed by atoms with E-state index in [1.165, 1.54) is 148 Å². The summed E-state index contributed by atoms with van der Waals surface area (Å²) >= 11 is 0. The van der Waals surface area contributed by atoms with Crippen molar-refractivity contribution in [2.75, 3.05) is 39.5 Å². The fourth-order valence-corrected chi connectivity index (χ4v) is 7.59. The Hall–Kier alpha value is -1.14. The molecule has 0 saturated heterocycles. The number of aliphatic hydroxyl groups excluding tert-OH is 1. The first-order valence-electron chi connectivity index (χ1n) is 22.6. The lowest BCUT2D eigenvalue weighted by Gasteiger charge is -2.21. The van der Waals surface area contributed by atoms with Gasteiger partial charge in [0.05, 0.1) is 26.2 Å². The van der Waals surface area contributed by atoms with Crippen LogP contribution >= 0.6 is 0 Å². The fraction of sp³-hybridized carbons (Fsp3) is 0.956. The van der Waals surface area contributed by atoms with Gasteiger partial charge in [0, 0.05) is 13.0 Å². The van der Waals surface area contributed by atoms with Gasteiger partial charge in [0.1, 0.15) is 0 Å². The molecule has 0 aromatic rings. The molecule has 0 atom stereocenters. The number of rotatable bonds is 40. The van der Waals surface area contributed by atoms with Crippen molar-refractivity contribution >= 4 is 11.9 Å². The summed E-state index contributed by atoms with van der Waals surface area (Å²) in [4.78, 5) is 27.3. The first-order valence-corrected chi connectivity index (χ1v) is 22.6. The zero-order valence-electron chi connectivity index (χ0n) is 34.5. The smallest absolute Gasteiger partial charge is 0.306 e. The SMILES string of the molecule is CCCCCCCCCC(=O)OCCCCCCCN(CCO)CCCCCC1(CC(=O)OCC(CCCCCCC)CCCCCCC)CC1. The van der Waals surface area contributed by atoms with Crippen molar-refractivity contribution < 1.29 is 24.2 Å². The van der Waals surface area contributed by atoms with Crippen LogP contribution in [0.25, 0.3) is 0 Å². The van der Waals surface area contributed by atoms with Gasteiger partial charge in [-0.15, -0.1) is 0 Å². The molecule has 1 rings (SSSR count). The van der Waals surface area contributed by atoms with E-state index >= 15 is 0 Å². The molecule has 1 saturated carbocycles. The van der Waals surface area contributed by atoms with Crippen molar-refractivity contribution in [1.82, 2.24) is 4.90 Å². The maximum absolute atomic E-state index is 12.9. The fourth-order valence-electron chi connectivity index (χ4n) is 7.59. The topological polar surface area (TPSA) is 76.1 Å². The molecule has 0 aromatic heterocycles. The van der Waals surface area contributed by atoms with E-state index < -0.39 is 0 Å². The maximum Gasteiger partial charge on any atom is 0.306 e. The summed E-state index contributed by atoms with van der Waals surface area (Å²) in [6, 6.07) is 0. The minimum absolute atomic E-state index is 0.0242. The van der Waals surface area contributed by atoms with Gasteiger partial charge in [0.25, 0.3) is 0 Å². The molecular formula is C45H87NO5. The Kier molecular flexibility index (Phi) is 32.5. The molecule has 0 radical (unpaired) electrons. The molecule has 0 heterocycles.